The first-order chi connectivity index (χ1) is 10.2. The van der Waals surface area contributed by atoms with Crippen LogP contribution in [0.4, 0.5) is 0 Å². The van der Waals surface area contributed by atoms with E-state index in [-0.39, 0.29) is 17.3 Å². The lowest BCUT2D eigenvalue weighted by Crippen LogP contribution is -2.49. The van der Waals surface area contributed by atoms with Gasteiger partial charge in [-0.3, -0.25) is 15.1 Å². The van der Waals surface area contributed by atoms with Crippen LogP contribution in [0.2, 0.25) is 0 Å². The van der Waals surface area contributed by atoms with Crippen LogP contribution in [0.15, 0.2) is 24.5 Å². The average Bonchev–Trinajstić information content (AvgIpc) is 3.02. The van der Waals surface area contributed by atoms with Crippen LogP contribution in [-0.2, 0) is 14.3 Å². The number of aromatic nitrogens is 1. The van der Waals surface area contributed by atoms with Gasteiger partial charge in [0.25, 0.3) is 0 Å². The van der Waals surface area contributed by atoms with Crippen molar-refractivity contribution >= 4 is 23.6 Å². The monoisotopic (exact) mass is 309 g/mol. The van der Waals surface area contributed by atoms with Crippen molar-refractivity contribution in [3.63, 3.8) is 0 Å². The zero-order valence-corrected chi connectivity index (χ0v) is 12.9. The maximum Gasteiger partial charge on any atom is 0.328 e. The minimum atomic E-state index is -0.591. The predicted octanol–water partition coefficient (Wildman–Crippen LogP) is 0.853. The van der Waals surface area contributed by atoms with E-state index in [9.17, 15) is 9.59 Å². The highest BCUT2D eigenvalue weighted by Gasteiger charge is 2.32. The van der Waals surface area contributed by atoms with Crippen molar-refractivity contribution in [2.24, 2.45) is 0 Å². The summed E-state index contributed by atoms with van der Waals surface area (Å²) < 4.78 is 4.67. The van der Waals surface area contributed by atoms with E-state index in [2.05, 4.69) is 20.4 Å². The van der Waals surface area contributed by atoms with Crippen LogP contribution in [0, 0.1) is 0 Å². The molecule has 1 saturated heterocycles. The summed E-state index contributed by atoms with van der Waals surface area (Å²) in [4.78, 5) is 27.8. The number of carbonyl (C=O) groups excluding carboxylic acids is 2. The highest BCUT2D eigenvalue weighted by molar-refractivity contribution is 7.99. The third-order valence-electron chi connectivity index (χ3n) is 3.30. The summed E-state index contributed by atoms with van der Waals surface area (Å²) in [6.45, 7) is 1.83. The lowest BCUT2D eigenvalue weighted by molar-refractivity contribution is -0.145. The van der Waals surface area contributed by atoms with Gasteiger partial charge in [-0.1, -0.05) is 13.0 Å². The van der Waals surface area contributed by atoms with Gasteiger partial charge in [0, 0.05) is 18.1 Å². The van der Waals surface area contributed by atoms with Gasteiger partial charge in [-0.15, -0.1) is 11.8 Å². The molecule has 1 aromatic heterocycles. The highest BCUT2D eigenvalue weighted by Crippen LogP contribution is 2.32. The maximum atomic E-state index is 12.2. The zero-order chi connectivity index (χ0) is 15.2. The molecule has 1 fully saturated rings. The molecule has 0 aliphatic carbocycles. The molecule has 0 saturated carbocycles. The molecule has 0 bridgehead atoms. The summed E-state index contributed by atoms with van der Waals surface area (Å²) in [7, 11) is 1.32. The van der Waals surface area contributed by atoms with E-state index in [1.807, 2.05) is 19.1 Å². The third-order valence-corrected chi connectivity index (χ3v) is 4.56. The van der Waals surface area contributed by atoms with E-state index in [1.165, 1.54) is 7.11 Å². The Morgan fingerprint density at radius 2 is 2.43 bits per heavy atom. The Morgan fingerprint density at radius 1 is 1.62 bits per heavy atom. The molecule has 3 unspecified atom stereocenters. The number of hydrogen-bond donors (Lipinski definition) is 2. The molecule has 2 N–H and O–H groups in total. The molecule has 1 aromatic rings. The second kappa shape index (κ2) is 7.42. The Morgan fingerprint density at radius 3 is 3.05 bits per heavy atom. The molecule has 7 heteroatoms. The third kappa shape index (κ3) is 3.95. The second-order valence-electron chi connectivity index (χ2n) is 4.71. The summed E-state index contributed by atoms with van der Waals surface area (Å²) in [5.41, 5.74) is 1.04. The van der Waals surface area contributed by atoms with Gasteiger partial charge < -0.3 is 10.1 Å². The van der Waals surface area contributed by atoms with Crippen molar-refractivity contribution in [2.75, 3.05) is 12.9 Å². The molecule has 1 aliphatic rings. The first-order valence-corrected chi connectivity index (χ1v) is 7.86. The molecule has 2 heterocycles. The average molecular weight is 309 g/mol. The lowest BCUT2D eigenvalue weighted by atomic mass is 10.2. The predicted molar refractivity (Wildman–Crippen MR) is 80.6 cm³/mol. The topological polar surface area (TPSA) is 80.3 Å². The fourth-order valence-electron chi connectivity index (χ4n) is 2.09. The lowest BCUT2D eigenvalue weighted by Gasteiger charge is -2.18. The number of thioether (sulfide) groups is 1. The number of hydrogen-bond acceptors (Lipinski definition) is 6. The van der Waals surface area contributed by atoms with Gasteiger partial charge in [0.05, 0.1) is 18.5 Å². The number of nitrogens with one attached hydrogen (secondary N) is 2. The summed E-state index contributed by atoms with van der Waals surface area (Å²) in [6.07, 6.45) is 4.01. The molecule has 3 atom stereocenters. The van der Waals surface area contributed by atoms with Crippen molar-refractivity contribution in [3.05, 3.63) is 30.1 Å². The van der Waals surface area contributed by atoms with E-state index in [0.717, 1.165) is 5.56 Å². The summed E-state index contributed by atoms with van der Waals surface area (Å²) >= 11 is 1.65. The zero-order valence-electron chi connectivity index (χ0n) is 12.0. The Bertz CT molecular complexity index is 497. The Hall–Kier alpha value is -1.60. The minimum Gasteiger partial charge on any atom is -0.467 e. The molecule has 2 rings (SSSR count). The summed E-state index contributed by atoms with van der Waals surface area (Å²) in [5, 5.41) is 6.03. The van der Waals surface area contributed by atoms with Gasteiger partial charge in [0.1, 0.15) is 6.04 Å². The van der Waals surface area contributed by atoms with Gasteiger partial charge in [0.2, 0.25) is 5.91 Å². The Labute approximate surface area is 128 Å². The van der Waals surface area contributed by atoms with Crippen molar-refractivity contribution in [2.45, 2.75) is 30.8 Å². The quantitative estimate of drug-likeness (QED) is 0.785. The first kappa shape index (κ1) is 15.8. The number of ether oxygens (including phenoxy) is 1. The molecule has 1 aliphatic heterocycles. The molecule has 1 amide bonds. The van der Waals surface area contributed by atoms with Crippen molar-refractivity contribution in [1.82, 2.24) is 15.6 Å². The summed E-state index contributed by atoms with van der Waals surface area (Å²) in [6, 6.07) is 2.93. The number of pyridine rings is 1. The minimum absolute atomic E-state index is 0.0488. The van der Waals surface area contributed by atoms with E-state index < -0.39 is 12.0 Å². The maximum absolute atomic E-state index is 12.2. The number of rotatable bonds is 5. The molecule has 6 nitrogen and oxygen atoms in total. The van der Waals surface area contributed by atoms with Crippen LogP contribution in [-0.4, -0.2) is 41.8 Å². The van der Waals surface area contributed by atoms with Gasteiger partial charge in [0.15, 0.2) is 0 Å². The Kier molecular flexibility index (Phi) is 5.58. The largest absolute Gasteiger partial charge is 0.467 e. The van der Waals surface area contributed by atoms with Gasteiger partial charge in [-0.25, -0.2) is 4.79 Å². The van der Waals surface area contributed by atoms with Crippen LogP contribution in [0.25, 0.3) is 0 Å². The van der Waals surface area contributed by atoms with E-state index in [4.69, 9.17) is 0 Å². The summed E-state index contributed by atoms with van der Waals surface area (Å²) in [5.74, 6) is 0.0645. The van der Waals surface area contributed by atoms with Crippen LogP contribution in [0.5, 0.6) is 0 Å². The molecular weight excluding hydrogens is 290 g/mol. The van der Waals surface area contributed by atoms with Gasteiger partial charge in [-0.2, -0.15) is 0 Å². The normalized spacial score (nSPS) is 22.6. The SMILES string of the molecule is CCC(NC(=O)C1CSC(c2cccnc2)N1)C(=O)OC. The van der Waals surface area contributed by atoms with Gasteiger partial charge >= 0.3 is 5.97 Å². The standard InChI is InChI=1S/C14H19N3O3S/c1-3-10(14(19)20-2)16-12(18)11-8-21-13(17-11)9-5-4-6-15-7-9/h4-7,10-11,13,17H,3,8H2,1-2H3,(H,16,18). The fourth-order valence-corrected chi connectivity index (χ4v) is 3.31. The number of esters is 1. The number of carbonyl (C=O) groups is 2. The number of amides is 1. The van der Waals surface area contributed by atoms with E-state index >= 15 is 0 Å². The number of methoxy groups -OCH3 is 1. The van der Waals surface area contributed by atoms with E-state index in [0.29, 0.717) is 12.2 Å². The van der Waals surface area contributed by atoms with Crippen LogP contribution in [0.1, 0.15) is 24.3 Å². The van der Waals surface area contributed by atoms with Gasteiger partial charge in [-0.05, 0) is 18.1 Å². The number of nitrogens with zero attached hydrogens (tertiary/aromatic N) is 1. The van der Waals surface area contributed by atoms with Crippen molar-refractivity contribution < 1.29 is 14.3 Å². The van der Waals surface area contributed by atoms with E-state index in [1.54, 1.807) is 24.2 Å². The molecule has 0 radical (unpaired) electrons. The highest BCUT2D eigenvalue weighted by atomic mass is 32.2. The first-order valence-electron chi connectivity index (χ1n) is 6.81. The molecular formula is C14H19N3O3S. The van der Waals surface area contributed by atoms with Crippen molar-refractivity contribution in [3.8, 4) is 0 Å². The molecule has 0 aromatic carbocycles. The van der Waals surface area contributed by atoms with Crippen molar-refractivity contribution in [1.29, 1.82) is 0 Å². The van der Waals surface area contributed by atoms with Crippen LogP contribution in [0.3, 0.4) is 0 Å². The Balaban J connectivity index is 1.92. The van der Waals surface area contributed by atoms with Crippen LogP contribution < -0.4 is 10.6 Å². The smallest absolute Gasteiger partial charge is 0.328 e. The molecule has 21 heavy (non-hydrogen) atoms. The second-order valence-corrected chi connectivity index (χ2v) is 5.85. The fraction of sp³-hybridized carbons (Fsp3) is 0.500. The molecule has 114 valence electrons. The molecule has 0 spiro atoms. The van der Waals surface area contributed by atoms with Crippen LogP contribution >= 0.6 is 11.8 Å².